The van der Waals surface area contributed by atoms with Crippen LogP contribution in [-0.4, -0.2) is 40.1 Å². The van der Waals surface area contributed by atoms with Crippen molar-refractivity contribution < 1.29 is 9.57 Å². The SMILES string of the molecule is COc1nc(C2=NOCC(CC(C)C)N2)ccc1-n1cnc(C)c1. The molecule has 3 heterocycles. The van der Waals surface area contributed by atoms with Crippen LogP contribution >= 0.6 is 0 Å². The number of nitrogens with zero attached hydrogens (tertiary/aromatic N) is 4. The first-order chi connectivity index (χ1) is 11.6. The number of rotatable bonds is 5. The smallest absolute Gasteiger partial charge is 0.238 e. The van der Waals surface area contributed by atoms with Crippen molar-refractivity contribution in [2.45, 2.75) is 33.2 Å². The van der Waals surface area contributed by atoms with Gasteiger partial charge in [0.15, 0.2) is 5.84 Å². The van der Waals surface area contributed by atoms with E-state index >= 15 is 0 Å². The lowest BCUT2D eigenvalue weighted by molar-refractivity contribution is 0.102. The van der Waals surface area contributed by atoms with E-state index in [4.69, 9.17) is 9.57 Å². The normalized spacial score (nSPS) is 17.2. The zero-order valence-electron chi connectivity index (χ0n) is 14.5. The van der Waals surface area contributed by atoms with E-state index < -0.39 is 0 Å². The van der Waals surface area contributed by atoms with Crippen molar-refractivity contribution >= 4 is 5.84 Å². The van der Waals surface area contributed by atoms with Gasteiger partial charge in [-0.1, -0.05) is 19.0 Å². The summed E-state index contributed by atoms with van der Waals surface area (Å²) >= 11 is 0. The Hall–Kier alpha value is -2.57. The fourth-order valence-corrected chi connectivity index (χ4v) is 2.73. The number of pyridine rings is 1. The third-order valence-electron chi connectivity index (χ3n) is 3.79. The number of imidazole rings is 1. The molecule has 1 aliphatic heterocycles. The van der Waals surface area contributed by atoms with Crippen molar-refractivity contribution in [3.8, 4) is 11.6 Å². The van der Waals surface area contributed by atoms with Crippen LogP contribution in [0.3, 0.4) is 0 Å². The molecule has 1 N–H and O–H groups in total. The van der Waals surface area contributed by atoms with Crippen molar-refractivity contribution in [1.29, 1.82) is 0 Å². The summed E-state index contributed by atoms with van der Waals surface area (Å²) in [5.41, 5.74) is 2.46. The van der Waals surface area contributed by atoms with Gasteiger partial charge in [-0.05, 0) is 31.4 Å². The molecule has 0 amide bonds. The quantitative estimate of drug-likeness (QED) is 0.911. The molecule has 1 aliphatic rings. The Labute approximate surface area is 141 Å². The molecule has 0 aliphatic carbocycles. The molecule has 0 saturated heterocycles. The number of hydrogen-bond acceptors (Lipinski definition) is 6. The molecule has 0 fully saturated rings. The molecule has 0 aromatic carbocycles. The lowest BCUT2D eigenvalue weighted by Crippen LogP contribution is -2.43. The van der Waals surface area contributed by atoms with Crippen molar-refractivity contribution in [3.63, 3.8) is 0 Å². The molecule has 1 unspecified atom stereocenters. The van der Waals surface area contributed by atoms with Gasteiger partial charge >= 0.3 is 0 Å². The maximum Gasteiger partial charge on any atom is 0.238 e. The highest BCUT2D eigenvalue weighted by molar-refractivity contribution is 5.97. The monoisotopic (exact) mass is 329 g/mol. The Balaban J connectivity index is 1.86. The van der Waals surface area contributed by atoms with Crippen LogP contribution in [0, 0.1) is 12.8 Å². The highest BCUT2D eigenvalue weighted by atomic mass is 16.6. The largest absolute Gasteiger partial charge is 0.479 e. The molecule has 0 bridgehead atoms. The van der Waals surface area contributed by atoms with Gasteiger partial charge in [0.05, 0.1) is 25.2 Å². The Morgan fingerprint density at radius 1 is 1.42 bits per heavy atom. The van der Waals surface area contributed by atoms with E-state index in [0.717, 1.165) is 17.8 Å². The second kappa shape index (κ2) is 6.90. The summed E-state index contributed by atoms with van der Waals surface area (Å²) in [7, 11) is 1.60. The van der Waals surface area contributed by atoms with Crippen molar-refractivity contribution in [2.75, 3.05) is 13.7 Å². The molecule has 7 nitrogen and oxygen atoms in total. The summed E-state index contributed by atoms with van der Waals surface area (Å²) in [6.45, 7) is 6.90. The minimum Gasteiger partial charge on any atom is -0.479 e. The number of ether oxygens (including phenoxy) is 1. The number of hydrogen-bond donors (Lipinski definition) is 1. The Kier molecular flexibility index (Phi) is 4.69. The average Bonchev–Trinajstić information content (AvgIpc) is 3.00. The molecule has 2 aromatic heterocycles. The van der Waals surface area contributed by atoms with Crippen LogP contribution in [0.25, 0.3) is 5.69 Å². The molecule has 0 radical (unpaired) electrons. The van der Waals surface area contributed by atoms with Gasteiger partial charge in [-0.3, -0.25) is 0 Å². The number of methoxy groups -OCH3 is 1. The minimum absolute atomic E-state index is 0.237. The highest BCUT2D eigenvalue weighted by Crippen LogP contribution is 2.22. The molecule has 0 saturated carbocycles. The number of oxime groups is 1. The van der Waals surface area contributed by atoms with Crippen LogP contribution in [0.2, 0.25) is 0 Å². The molecular weight excluding hydrogens is 306 g/mol. The van der Waals surface area contributed by atoms with Gasteiger partial charge in [-0.15, -0.1) is 0 Å². The summed E-state index contributed by atoms with van der Waals surface area (Å²) in [5.74, 6) is 1.73. The fourth-order valence-electron chi connectivity index (χ4n) is 2.73. The number of aromatic nitrogens is 3. The lowest BCUT2D eigenvalue weighted by Gasteiger charge is -2.25. The second-order valence-electron chi connectivity index (χ2n) is 6.35. The molecular formula is C17H23N5O2. The van der Waals surface area contributed by atoms with Gasteiger partial charge in [-0.25, -0.2) is 9.97 Å². The van der Waals surface area contributed by atoms with Gasteiger partial charge in [0.1, 0.15) is 18.0 Å². The van der Waals surface area contributed by atoms with Crippen LogP contribution in [-0.2, 0) is 4.84 Å². The van der Waals surface area contributed by atoms with Gasteiger partial charge < -0.3 is 19.5 Å². The van der Waals surface area contributed by atoms with E-state index in [1.165, 1.54) is 0 Å². The van der Waals surface area contributed by atoms with Crippen LogP contribution < -0.4 is 10.1 Å². The Bertz CT molecular complexity index is 738. The third kappa shape index (κ3) is 3.50. The molecule has 0 spiro atoms. The Morgan fingerprint density at radius 3 is 2.92 bits per heavy atom. The summed E-state index contributed by atoms with van der Waals surface area (Å²) < 4.78 is 7.34. The van der Waals surface area contributed by atoms with E-state index in [9.17, 15) is 0 Å². The van der Waals surface area contributed by atoms with Crippen molar-refractivity contribution in [1.82, 2.24) is 19.9 Å². The number of nitrogens with one attached hydrogen (secondary N) is 1. The van der Waals surface area contributed by atoms with E-state index in [0.29, 0.717) is 29.9 Å². The first-order valence-electron chi connectivity index (χ1n) is 8.09. The van der Waals surface area contributed by atoms with Gasteiger partial charge in [0.2, 0.25) is 5.88 Å². The van der Waals surface area contributed by atoms with Gasteiger partial charge in [0.25, 0.3) is 0 Å². The summed E-state index contributed by atoms with van der Waals surface area (Å²) in [6.07, 6.45) is 4.69. The van der Waals surface area contributed by atoms with Gasteiger partial charge in [-0.2, -0.15) is 0 Å². The third-order valence-corrected chi connectivity index (χ3v) is 3.79. The summed E-state index contributed by atoms with van der Waals surface area (Å²) in [6, 6.07) is 4.08. The van der Waals surface area contributed by atoms with Crippen LogP contribution in [0.15, 0.2) is 29.8 Å². The predicted octanol–water partition coefficient (Wildman–Crippen LogP) is 2.28. The molecule has 128 valence electrons. The fraction of sp³-hybridized carbons (Fsp3) is 0.471. The predicted molar refractivity (Wildman–Crippen MR) is 91.5 cm³/mol. The molecule has 24 heavy (non-hydrogen) atoms. The number of aryl methyl sites for hydroxylation is 1. The van der Waals surface area contributed by atoms with Crippen LogP contribution in [0.4, 0.5) is 0 Å². The first kappa shape index (κ1) is 16.3. The van der Waals surface area contributed by atoms with Crippen LogP contribution in [0.1, 0.15) is 31.7 Å². The van der Waals surface area contributed by atoms with E-state index in [1.807, 2.05) is 29.8 Å². The molecule has 7 heteroatoms. The molecule has 2 aromatic rings. The summed E-state index contributed by atoms with van der Waals surface area (Å²) in [5, 5.41) is 7.51. The van der Waals surface area contributed by atoms with Crippen molar-refractivity contribution in [2.24, 2.45) is 11.1 Å². The lowest BCUT2D eigenvalue weighted by atomic mass is 10.0. The summed E-state index contributed by atoms with van der Waals surface area (Å²) in [4.78, 5) is 14.2. The zero-order valence-corrected chi connectivity index (χ0v) is 14.5. The number of amidine groups is 1. The van der Waals surface area contributed by atoms with Gasteiger partial charge in [0, 0.05) is 6.20 Å². The maximum atomic E-state index is 5.45. The maximum absolute atomic E-state index is 5.45. The minimum atomic E-state index is 0.237. The second-order valence-corrected chi connectivity index (χ2v) is 6.35. The van der Waals surface area contributed by atoms with E-state index in [2.05, 4.69) is 34.3 Å². The average molecular weight is 329 g/mol. The standard InChI is InChI=1S/C17H23N5O2/c1-11(2)7-13-9-24-21-16(19-13)14-5-6-15(17(20-14)23-4)22-8-12(3)18-10-22/h5-6,8,10-11,13H,7,9H2,1-4H3,(H,19,21). The molecule has 3 rings (SSSR count). The first-order valence-corrected chi connectivity index (χ1v) is 8.09. The van der Waals surface area contributed by atoms with E-state index in [1.54, 1.807) is 13.4 Å². The van der Waals surface area contributed by atoms with Crippen molar-refractivity contribution in [3.05, 3.63) is 36.0 Å². The van der Waals surface area contributed by atoms with E-state index in [-0.39, 0.29) is 6.04 Å². The zero-order chi connectivity index (χ0) is 17.1. The highest BCUT2D eigenvalue weighted by Gasteiger charge is 2.21. The van der Waals surface area contributed by atoms with Crippen LogP contribution in [0.5, 0.6) is 5.88 Å². The molecule has 1 atom stereocenters. The Morgan fingerprint density at radius 2 is 2.25 bits per heavy atom. The topological polar surface area (TPSA) is 73.6 Å².